The maximum absolute atomic E-state index is 11.2. The molecule has 0 atom stereocenters. The number of carbonyl (C=O) groups is 1. The molecule has 0 aliphatic carbocycles. The first-order valence-electron chi connectivity index (χ1n) is 5.49. The molecule has 0 aliphatic heterocycles. The zero-order valence-corrected chi connectivity index (χ0v) is 9.68. The number of aromatic nitrogens is 4. The van der Waals surface area contributed by atoms with E-state index in [4.69, 9.17) is 5.73 Å². The number of fused-ring (bicyclic) bond motifs is 1. The van der Waals surface area contributed by atoms with Crippen LogP contribution >= 0.6 is 0 Å². The first kappa shape index (κ1) is 11.1. The Balaban J connectivity index is 2.15. The molecule has 3 aromatic rings. The number of nitrogens with zero attached hydrogens (tertiary/aromatic N) is 2. The van der Waals surface area contributed by atoms with Crippen molar-refractivity contribution in [3.05, 3.63) is 46.8 Å². The lowest BCUT2D eigenvalue weighted by molar-refractivity contribution is 0.0990. The third-order valence-corrected chi connectivity index (χ3v) is 2.69. The van der Waals surface area contributed by atoms with Crippen LogP contribution in [0.25, 0.3) is 22.3 Å². The highest BCUT2D eigenvalue weighted by atomic mass is 16.1. The number of primary amides is 1. The van der Waals surface area contributed by atoms with E-state index in [1.165, 1.54) is 6.20 Å². The van der Waals surface area contributed by atoms with Crippen LogP contribution in [0.4, 0.5) is 0 Å². The molecule has 0 saturated heterocycles. The molecule has 1 aromatic carbocycles. The molecule has 2 heterocycles. The second kappa shape index (κ2) is 4.05. The smallest absolute Gasteiger partial charge is 0.323 e. The summed E-state index contributed by atoms with van der Waals surface area (Å²) in [6, 6.07) is 6.98. The zero-order chi connectivity index (χ0) is 13.4. The Hall–Kier alpha value is -2.96. The van der Waals surface area contributed by atoms with Crippen LogP contribution in [0.3, 0.4) is 0 Å². The quantitative estimate of drug-likeness (QED) is 0.614. The van der Waals surface area contributed by atoms with Crippen molar-refractivity contribution in [3.63, 3.8) is 0 Å². The standard InChI is InChI=1S/C12H9N5O2/c13-10(18)11-14-4-3-7(15-11)6-1-2-8-9(5-6)17-12(19)16-8/h1-5H,(H2,13,18)(H2,16,17,19). The number of carbonyl (C=O) groups excluding carboxylic acids is 1. The fourth-order valence-electron chi connectivity index (χ4n) is 1.83. The summed E-state index contributed by atoms with van der Waals surface area (Å²) in [5.41, 5.74) is 7.56. The van der Waals surface area contributed by atoms with E-state index in [1.807, 2.05) is 0 Å². The molecule has 0 spiro atoms. The number of benzene rings is 1. The largest absolute Gasteiger partial charge is 0.363 e. The second-order valence-corrected chi connectivity index (χ2v) is 3.97. The van der Waals surface area contributed by atoms with Gasteiger partial charge in [-0.2, -0.15) is 0 Å². The molecule has 0 radical (unpaired) electrons. The van der Waals surface area contributed by atoms with Gasteiger partial charge in [0.15, 0.2) is 0 Å². The Labute approximate surface area is 106 Å². The van der Waals surface area contributed by atoms with Gasteiger partial charge in [-0.15, -0.1) is 0 Å². The van der Waals surface area contributed by atoms with Gasteiger partial charge >= 0.3 is 5.69 Å². The predicted octanol–water partition coefficient (Wildman–Crippen LogP) is 0.412. The number of hydrogen-bond acceptors (Lipinski definition) is 4. The molecule has 1 amide bonds. The van der Waals surface area contributed by atoms with Gasteiger partial charge in [0.25, 0.3) is 5.91 Å². The van der Waals surface area contributed by atoms with Gasteiger partial charge in [0.2, 0.25) is 5.82 Å². The molecule has 0 unspecified atom stereocenters. The van der Waals surface area contributed by atoms with Crippen LogP contribution in [0.15, 0.2) is 35.3 Å². The molecular formula is C12H9N5O2. The summed E-state index contributed by atoms with van der Waals surface area (Å²) in [7, 11) is 0. The maximum atomic E-state index is 11.2. The summed E-state index contributed by atoms with van der Waals surface area (Å²) >= 11 is 0. The fourth-order valence-corrected chi connectivity index (χ4v) is 1.83. The number of amides is 1. The van der Waals surface area contributed by atoms with E-state index < -0.39 is 5.91 Å². The average molecular weight is 255 g/mol. The molecule has 0 saturated carbocycles. The molecule has 0 aliphatic rings. The lowest BCUT2D eigenvalue weighted by Crippen LogP contribution is -2.15. The van der Waals surface area contributed by atoms with Crippen LogP contribution < -0.4 is 11.4 Å². The van der Waals surface area contributed by atoms with Crippen molar-refractivity contribution in [1.29, 1.82) is 0 Å². The molecule has 7 heteroatoms. The fraction of sp³-hybridized carbons (Fsp3) is 0. The highest BCUT2D eigenvalue weighted by molar-refractivity contribution is 5.89. The molecule has 2 aromatic heterocycles. The number of rotatable bonds is 2. The summed E-state index contributed by atoms with van der Waals surface area (Å²) in [6.45, 7) is 0. The Morgan fingerprint density at radius 2 is 1.95 bits per heavy atom. The van der Waals surface area contributed by atoms with Gasteiger partial charge in [-0.1, -0.05) is 6.07 Å². The molecule has 0 fully saturated rings. The van der Waals surface area contributed by atoms with Crippen molar-refractivity contribution in [1.82, 2.24) is 19.9 Å². The van der Waals surface area contributed by atoms with E-state index in [2.05, 4.69) is 19.9 Å². The van der Waals surface area contributed by atoms with Gasteiger partial charge in [-0.05, 0) is 18.2 Å². The molecule has 3 rings (SSSR count). The lowest BCUT2D eigenvalue weighted by atomic mass is 10.1. The second-order valence-electron chi connectivity index (χ2n) is 3.97. The van der Waals surface area contributed by atoms with Crippen molar-refractivity contribution < 1.29 is 4.79 Å². The monoisotopic (exact) mass is 255 g/mol. The summed E-state index contributed by atoms with van der Waals surface area (Å²) in [4.78, 5) is 35.4. The highest BCUT2D eigenvalue weighted by Gasteiger charge is 2.07. The lowest BCUT2D eigenvalue weighted by Gasteiger charge is -2.01. The molecular weight excluding hydrogens is 246 g/mol. The van der Waals surface area contributed by atoms with E-state index in [0.717, 1.165) is 5.56 Å². The van der Waals surface area contributed by atoms with Gasteiger partial charge in [0.1, 0.15) is 0 Å². The Morgan fingerprint density at radius 3 is 2.74 bits per heavy atom. The Bertz CT molecular complexity index is 833. The summed E-state index contributed by atoms with van der Waals surface area (Å²) in [5, 5.41) is 0. The highest BCUT2D eigenvalue weighted by Crippen LogP contribution is 2.20. The van der Waals surface area contributed by atoms with Gasteiger partial charge in [-0.3, -0.25) is 4.79 Å². The third kappa shape index (κ3) is 1.97. The van der Waals surface area contributed by atoms with E-state index in [0.29, 0.717) is 16.7 Å². The first-order valence-corrected chi connectivity index (χ1v) is 5.49. The van der Waals surface area contributed by atoms with Crippen molar-refractivity contribution in [3.8, 4) is 11.3 Å². The van der Waals surface area contributed by atoms with E-state index >= 15 is 0 Å². The van der Waals surface area contributed by atoms with Gasteiger partial charge in [-0.25, -0.2) is 14.8 Å². The zero-order valence-electron chi connectivity index (χ0n) is 9.68. The van der Waals surface area contributed by atoms with Crippen molar-refractivity contribution >= 4 is 16.9 Å². The van der Waals surface area contributed by atoms with Gasteiger partial charge in [0, 0.05) is 11.8 Å². The number of nitrogens with one attached hydrogen (secondary N) is 2. The predicted molar refractivity (Wildman–Crippen MR) is 68.5 cm³/mol. The summed E-state index contributed by atoms with van der Waals surface area (Å²) in [5.74, 6) is -0.724. The third-order valence-electron chi connectivity index (χ3n) is 2.69. The van der Waals surface area contributed by atoms with Crippen molar-refractivity contribution in [2.45, 2.75) is 0 Å². The molecule has 94 valence electrons. The molecule has 7 nitrogen and oxygen atoms in total. The Morgan fingerprint density at radius 1 is 1.16 bits per heavy atom. The topological polar surface area (TPSA) is 118 Å². The number of imidazole rings is 1. The molecule has 19 heavy (non-hydrogen) atoms. The van der Waals surface area contributed by atoms with Gasteiger partial charge in [0.05, 0.1) is 16.7 Å². The average Bonchev–Trinajstić information content (AvgIpc) is 2.77. The minimum absolute atomic E-state index is 0.0415. The van der Waals surface area contributed by atoms with Crippen LogP contribution in [0.5, 0.6) is 0 Å². The maximum Gasteiger partial charge on any atom is 0.323 e. The summed E-state index contributed by atoms with van der Waals surface area (Å²) in [6.07, 6.45) is 1.46. The van der Waals surface area contributed by atoms with Crippen LogP contribution in [-0.4, -0.2) is 25.8 Å². The Kier molecular flexibility index (Phi) is 2.38. The van der Waals surface area contributed by atoms with E-state index in [9.17, 15) is 9.59 Å². The van der Waals surface area contributed by atoms with Crippen LogP contribution in [0.2, 0.25) is 0 Å². The molecule has 4 N–H and O–H groups in total. The van der Waals surface area contributed by atoms with Crippen LogP contribution in [0, 0.1) is 0 Å². The van der Waals surface area contributed by atoms with E-state index in [1.54, 1.807) is 24.3 Å². The van der Waals surface area contributed by atoms with E-state index in [-0.39, 0.29) is 11.5 Å². The van der Waals surface area contributed by atoms with Crippen molar-refractivity contribution in [2.24, 2.45) is 5.73 Å². The minimum Gasteiger partial charge on any atom is -0.363 e. The first-order chi connectivity index (χ1) is 9.13. The van der Waals surface area contributed by atoms with Crippen LogP contribution in [0.1, 0.15) is 10.6 Å². The van der Waals surface area contributed by atoms with Crippen LogP contribution in [-0.2, 0) is 0 Å². The number of H-pyrrole nitrogens is 2. The minimum atomic E-state index is -0.682. The molecule has 0 bridgehead atoms. The number of hydrogen-bond donors (Lipinski definition) is 3. The number of aromatic amines is 2. The van der Waals surface area contributed by atoms with Crippen molar-refractivity contribution in [2.75, 3.05) is 0 Å². The normalized spacial score (nSPS) is 10.7. The number of nitrogens with two attached hydrogens (primary N) is 1. The SMILES string of the molecule is NC(=O)c1nccc(-c2ccc3[nH]c(=O)[nH]c3c2)n1. The van der Waals surface area contributed by atoms with Gasteiger partial charge < -0.3 is 15.7 Å². The summed E-state index contributed by atoms with van der Waals surface area (Å²) < 4.78 is 0.